The molecule has 0 spiro atoms. The molecule has 0 atom stereocenters. The smallest absolute Gasteiger partial charge is 0.306 e. The summed E-state index contributed by atoms with van der Waals surface area (Å²) in [4.78, 5) is 11.0. The van der Waals surface area contributed by atoms with Crippen LogP contribution in [0.2, 0.25) is 0 Å². The summed E-state index contributed by atoms with van der Waals surface area (Å²) >= 11 is 0. The van der Waals surface area contributed by atoms with Crippen LogP contribution in [0.4, 0.5) is 0 Å². The van der Waals surface area contributed by atoms with Crippen molar-refractivity contribution >= 4 is 5.97 Å². The molecule has 1 aromatic rings. The molecular weight excluding hydrogens is 226 g/mol. The summed E-state index contributed by atoms with van der Waals surface area (Å²) in [5, 5.41) is 3.39. The first-order valence-corrected chi connectivity index (χ1v) is 6.39. The zero-order chi connectivity index (χ0) is 13.4. The van der Waals surface area contributed by atoms with E-state index in [-0.39, 0.29) is 11.5 Å². The maximum Gasteiger partial charge on any atom is 0.306 e. The van der Waals surface area contributed by atoms with Crippen molar-refractivity contribution in [2.45, 2.75) is 38.6 Å². The number of hydrogen-bond donors (Lipinski definition) is 1. The van der Waals surface area contributed by atoms with E-state index in [4.69, 9.17) is 0 Å². The minimum atomic E-state index is -0.165. The highest BCUT2D eigenvalue weighted by molar-refractivity contribution is 5.69. The number of benzene rings is 1. The van der Waals surface area contributed by atoms with Crippen molar-refractivity contribution in [3.8, 4) is 0 Å². The largest absolute Gasteiger partial charge is 0.469 e. The van der Waals surface area contributed by atoms with Gasteiger partial charge in [0.1, 0.15) is 0 Å². The maximum atomic E-state index is 11.0. The van der Waals surface area contributed by atoms with E-state index in [1.165, 1.54) is 12.7 Å². The number of hydrogen-bond acceptors (Lipinski definition) is 3. The predicted molar refractivity (Wildman–Crippen MR) is 73.5 cm³/mol. The fraction of sp³-hybridized carbons (Fsp3) is 0.533. The lowest BCUT2D eigenvalue weighted by Crippen LogP contribution is -2.40. The Morgan fingerprint density at radius 2 is 1.94 bits per heavy atom. The van der Waals surface area contributed by atoms with Crippen molar-refractivity contribution in [3.63, 3.8) is 0 Å². The Bertz CT molecular complexity index is 360. The summed E-state index contributed by atoms with van der Waals surface area (Å²) in [6.07, 6.45) is 2.50. The van der Waals surface area contributed by atoms with Gasteiger partial charge in [-0.15, -0.1) is 0 Å². The molecule has 100 valence electrons. The quantitative estimate of drug-likeness (QED) is 0.755. The Balaban J connectivity index is 2.29. The third-order valence-corrected chi connectivity index (χ3v) is 3.04. The van der Waals surface area contributed by atoms with Crippen LogP contribution < -0.4 is 5.32 Å². The highest BCUT2D eigenvalue weighted by Gasteiger charge is 2.16. The molecule has 0 heterocycles. The second kappa shape index (κ2) is 7.17. The van der Waals surface area contributed by atoms with Gasteiger partial charge in [-0.05, 0) is 32.3 Å². The Morgan fingerprint density at radius 3 is 2.56 bits per heavy atom. The second-order valence-electron chi connectivity index (χ2n) is 5.12. The lowest BCUT2D eigenvalue weighted by Gasteiger charge is -2.26. The Morgan fingerprint density at radius 1 is 1.28 bits per heavy atom. The van der Waals surface area contributed by atoms with Crippen LogP contribution in [0.15, 0.2) is 30.3 Å². The number of rotatable bonds is 7. The highest BCUT2D eigenvalue weighted by atomic mass is 16.5. The summed E-state index contributed by atoms with van der Waals surface area (Å²) in [7, 11) is 1.42. The van der Waals surface area contributed by atoms with Crippen molar-refractivity contribution < 1.29 is 9.53 Å². The molecule has 1 N–H and O–H groups in total. The van der Waals surface area contributed by atoms with E-state index in [9.17, 15) is 4.79 Å². The first-order chi connectivity index (χ1) is 8.53. The Hall–Kier alpha value is -1.35. The van der Waals surface area contributed by atoms with E-state index in [1.54, 1.807) is 0 Å². The summed E-state index contributed by atoms with van der Waals surface area (Å²) in [6.45, 7) is 4.98. The van der Waals surface area contributed by atoms with Gasteiger partial charge in [-0.2, -0.15) is 0 Å². The van der Waals surface area contributed by atoms with Gasteiger partial charge in [0.2, 0.25) is 0 Å². The number of methoxy groups -OCH3 is 1. The normalized spacial score (nSPS) is 11.3. The van der Waals surface area contributed by atoms with Gasteiger partial charge in [-0.1, -0.05) is 30.3 Å². The molecule has 0 saturated heterocycles. The molecule has 1 aromatic carbocycles. The molecule has 1 rings (SSSR count). The summed E-state index contributed by atoms with van der Waals surface area (Å²) < 4.78 is 4.62. The van der Waals surface area contributed by atoms with E-state index in [2.05, 4.69) is 48.2 Å². The van der Waals surface area contributed by atoms with Crippen LogP contribution in [0.3, 0.4) is 0 Å². The number of ether oxygens (including phenoxy) is 1. The molecule has 3 heteroatoms. The average Bonchev–Trinajstić information content (AvgIpc) is 2.37. The topological polar surface area (TPSA) is 38.3 Å². The SMILES string of the molecule is COC(=O)CCNC(C)(C)CCc1ccccc1. The Kier molecular flexibility index (Phi) is 5.86. The van der Waals surface area contributed by atoms with Crippen LogP contribution >= 0.6 is 0 Å². The molecule has 0 bridgehead atoms. The minimum absolute atomic E-state index is 0.0316. The lowest BCUT2D eigenvalue weighted by molar-refractivity contribution is -0.140. The fourth-order valence-electron chi connectivity index (χ4n) is 1.79. The van der Waals surface area contributed by atoms with Crippen LogP contribution in [0.25, 0.3) is 0 Å². The number of carbonyl (C=O) groups is 1. The molecule has 0 amide bonds. The molecule has 18 heavy (non-hydrogen) atoms. The van der Waals surface area contributed by atoms with Gasteiger partial charge in [-0.3, -0.25) is 4.79 Å². The summed E-state index contributed by atoms with van der Waals surface area (Å²) in [5.41, 5.74) is 1.38. The molecule has 0 unspecified atom stereocenters. The van der Waals surface area contributed by atoms with E-state index in [0.29, 0.717) is 13.0 Å². The molecule has 0 aromatic heterocycles. The van der Waals surface area contributed by atoms with Crippen LogP contribution in [0.5, 0.6) is 0 Å². The van der Waals surface area contributed by atoms with Gasteiger partial charge in [-0.25, -0.2) is 0 Å². The molecule has 0 fully saturated rings. The highest BCUT2D eigenvalue weighted by Crippen LogP contribution is 2.13. The monoisotopic (exact) mass is 249 g/mol. The van der Waals surface area contributed by atoms with Crippen LogP contribution in [-0.4, -0.2) is 25.2 Å². The Labute approximate surface area is 110 Å². The van der Waals surface area contributed by atoms with Gasteiger partial charge in [0.05, 0.1) is 13.5 Å². The molecule has 0 aliphatic rings. The lowest BCUT2D eigenvalue weighted by atomic mass is 9.95. The van der Waals surface area contributed by atoms with Crippen molar-refractivity contribution in [1.82, 2.24) is 5.32 Å². The first kappa shape index (κ1) is 14.7. The van der Waals surface area contributed by atoms with Gasteiger partial charge in [0.15, 0.2) is 0 Å². The number of aryl methyl sites for hydroxylation is 1. The summed E-state index contributed by atoms with van der Waals surface area (Å²) in [6, 6.07) is 10.4. The average molecular weight is 249 g/mol. The third kappa shape index (κ3) is 5.82. The zero-order valence-electron chi connectivity index (χ0n) is 11.5. The van der Waals surface area contributed by atoms with E-state index in [0.717, 1.165) is 12.8 Å². The molecule has 0 radical (unpaired) electrons. The molecule has 0 saturated carbocycles. The zero-order valence-corrected chi connectivity index (χ0v) is 11.5. The molecule has 3 nitrogen and oxygen atoms in total. The standard InChI is InChI=1S/C15H23NO2/c1-15(2,16-12-10-14(17)18-3)11-9-13-7-5-4-6-8-13/h4-8,16H,9-12H2,1-3H3. The molecule has 0 aliphatic carbocycles. The van der Waals surface area contributed by atoms with Crippen LogP contribution in [0, 0.1) is 0 Å². The van der Waals surface area contributed by atoms with Crippen molar-refractivity contribution in [3.05, 3.63) is 35.9 Å². The van der Waals surface area contributed by atoms with Crippen LogP contribution in [-0.2, 0) is 16.0 Å². The van der Waals surface area contributed by atoms with Gasteiger partial charge >= 0.3 is 5.97 Å². The maximum absolute atomic E-state index is 11.0. The van der Waals surface area contributed by atoms with Crippen molar-refractivity contribution in [2.24, 2.45) is 0 Å². The van der Waals surface area contributed by atoms with Gasteiger partial charge < -0.3 is 10.1 Å². The fourth-order valence-corrected chi connectivity index (χ4v) is 1.79. The van der Waals surface area contributed by atoms with Crippen molar-refractivity contribution in [1.29, 1.82) is 0 Å². The van der Waals surface area contributed by atoms with Gasteiger partial charge in [0.25, 0.3) is 0 Å². The van der Waals surface area contributed by atoms with Crippen molar-refractivity contribution in [2.75, 3.05) is 13.7 Å². The van der Waals surface area contributed by atoms with E-state index in [1.807, 2.05) is 6.07 Å². The van der Waals surface area contributed by atoms with Crippen LogP contribution in [0.1, 0.15) is 32.3 Å². The number of nitrogens with one attached hydrogen (secondary N) is 1. The summed E-state index contributed by atoms with van der Waals surface area (Å²) in [5.74, 6) is -0.165. The molecular formula is C15H23NO2. The predicted octanol–water partition coefficient (Wildman–Crippen LogP) is 2.55. The number of carbonyl (C=O) groups excluding carboxylic acids is 1. The first-order valence-electron chi connectivity index (χ1n) is 6.39. The van der Waals surface area contributed by atoms with E-state index < -0.39 is 0 Å². The number of esters is 1. The second-order valence-corrected chi connectivity index (χ2v) is 5.12. The van der Waals surface area contributed by atoms with Gasteiger partial charge in [0, 0.05) is 12.1 Å². The minimum Gasteiger partial charge on any atom is -0.469 e. The third-order valence-electron chi connectivity index (χ3n) is 3.04. The van der Waals surface area contributed by atoms with E-state index >= 15 is 0 Å². The molecule has 0 aliphatic heterocycles.